The molecule has 10 heteroatoms. The Morgan fingerprint density at radius 2 is 2.11 bits per heavy atom. The zero-order valence-electron chi connectivity index (χ0n) is 15.9. The molecule has 1 fully saturated rings. The van der Waals surface area contributed by atoms with Crippen molar-refractivity contribution in [2.75, 3.05) is 33.0 Å². The zero-order valence-corrected chi connectivity index (χ0v) is 16.7. The first kappa shape index (κ1) is 20.3. The number of hydrogen-bond acceptors (Lipinski definition) is 7. The summed E-state index contributed by atoms with van der Waals surface area (Å²) in [4.78, 5) is 16.6. The molecule has 9 nitrogen and oxygen atoms in total. The van der Waals surface area contributed by atoms with Crippen LogP contribution in [0.15, 0.2) is 28.8 Å². The number of sulfonamides is 1. The Morgan fingerprint density at radius 1 is 1.36 bits per heavy atom. The number of aromatic nitrogens is 2. The molecule has 1 aromatic carbocycles. The first-order valence-corrected chi connectivity index (χ1v) is 10.9. The highest BCUT2D eigenvalue weighted by Gasteiger charge is 2.28. The average Bonchev–Trinajstić information content (AvgIpc) is 3.16. The summed E-state index contributed by atoms with van der Waals surface area (Å²) in [5, 5.41) is 6.84. The van der Waals surface area contributed by atoms with Crippen molar-refractivity contribution in [2.24, 2.45) is 0 Å². The third-order valence-electron chi connectivity index (χ3n) is 4.73. The Labute approximate surface area is 164 Å². The SMILES string of the molecule is COc1cccc(C(=O)NCCc2nc(C3CCN(S(C)(=O)=O)CC3)no2)c1. The Bertz CT molecular complexity index is 920. The number of carbonyl (C=O) groups excluding carboxylic acids is 1. The van der Waals surface area contributed by atoms with E-state index in [9.17, 15) is 13.2 Å². The topological polar surface area (TPSA) is 115 Å². The predicted octanol–water partition coefficient (Wildman–Crippen LogP) is 1.19. The van der Waals surface area contributed by atoms with Crippen molar-refractivity contribution in [1.29, 1.82) is 0 Å². The van der Waals surface area contributed by atoms with E-state index in [0.29, 0.717) is 61.9 Å². The summed E-state index contributed by atoms with van der Waals surface area (Å²) >= 11 is 0. The van der Waals surface area contributed by atoms with Crippen LogP contribution in [-0.2, 0) is 16.4 Å². The molecule has 0 aliphatic carbocycles. The van der Waals surface area contributed by atoms with Gasteiger partial charge in [-0.2, -0.15) is 4.98 Å². The quantitative estimate of drug-likeness (QED) is 0.732. The summed E-state index contributed by atoms with van der Waals surface area (Å²) in [6.07, 6.45) is 2.97. The molecule has 1 N–H and O–H groups in total. The molecule has 0 spiro atoms. The minimum absolute atomic E-state index is 0.0851. The molecule has 3 rings (SSSR count). The van der Waals surface area contributed by atoms with Crippen molar-refractivity contribution in [2.45, 2.75) is 25.2 Å². The van der Waals surface area contributed by atoms with Gasteiger partial charge in [0.2, 0.25) is 15.9 Å². The lowest BCUT2D eigenvalue weighted by Crippen LogP contribution is -2.37. The van der Waals surface area contributed by atoms with Crippen LogP contribution in [0.2, 0.25) is 0 Å². The van der Waals surface area contributed by atoms with E-state index in [1.165, 1.54) is 10.6 Å². The molecular weight excluding hydrogens is 384 g/mol. The number of benzene rings is 1. The Hall–Kier alpha value is -2.46. The molecule has 2 aromatic rings. The maximum Gasteiger partial charge on any atom is 0.251 e. The van der Waals surface area contributed by atoms with Crippen molar-refractivity contribution in [3.63, 3.8) is 0 Å². The molecule has 2 heterocycles. The maximum absolute atomic E-state index is 12.2. The van der Waals surface area contributed by atoms with Gasteiger partial charge in [0.25, 0.3) is 5.91 Å². The normalized spacial score (nSPS) is 16.1. The standard InChI is InChI=1S/C18H24N4O5S/c1-26-15-5-3-4-14(12-15)18(23)19-9-6-16-20-17(21-27-16)13-7-10-22(11-8-13)28(2,24)25/h3-5,12-13H,6-11H2,1-2H3,(H,19,23). The second kappa shape index (κ2) is 8.70. The van der Waals surface area contributed by atoms with Crippen molar-refractivity contribution in [3.05, 3.63) is 41.5 Å². The van der Waals surface area contributed by atoms with Crippen LogP contribution in [0.3, 0.4) is 0 Å². The van der Waals surface area contributed by atoms with Crippen LogP contribution < -0.4 is 10.1 Å². The monoisotopic (exact) mass is 408 g/mol. The van der Waals surface area contributed by atoms with Gasteiger partial charge >= 0.3 is 0 Å². The molecule has 1 aliphatic rings. The van der Waals surface area contributed by atoms with Crippen LogP contribution in [0.5, 0.6) is 5.75 Å². The lowest BCUT2D eigenvalue weighted by atomic mass is 9.97. The first-order chi connectivity index (χ1) is 13.4. The van der Waals surface area contributed by atoms with Crippen LogP contribution in [-0.4, -0.2) is 61.8 Å². The fourth-order valence-electron chi connectivity index (χ4n) is 3.13. The highest BCUT2D eigenvalue weighted by Crippen LogP contribution is 2.27. The first-order valence-electron chi connectivity index (χ1n) is 9.06. The fraction of sp³-hybridized carbons (Fsp3) is 0.500. The van der Waals surface area contributed by atoms with Crippen LogP contribution in [0, 0.1) is 0 Å². The van der Waals surface area contributed by atoms with Crippen LogP contribution in [0.25, 0.3) is 0 Å². The van der Waals surface area contributed by atoms with Crippen LogP contribution >= 0.6 is 0 Å². The number of hydrogen-bond donors (Lipinski definition) is 1. The average molecular weight is 408 g/mol. The van der Waals surface area contributed by atoms with Crippen molar-refractivity contribution < 1.29 is 22.5 Å². The Morgan fingerprint density at radius 3 is 2.79 bits per heavy atom. The van der Waals surface area contributed by atoms with E-state index >= 15 is 0 Å². The van der Waals surface area contributed by atoms with E-state index < -0.39 is 10.0 Å². The molecular formula is C18H24N4O5S. The van der Waals surface area contributed by atoms with E-state index in [1.807, 2.05) is 0 Å². The smallest absolute Gasteiger partial charge is 0.251 e. The number of amides is 1. The maximum atomic E-state index is 12.2. The van der Waals surface area contributed by atoms with E-state index in [4.69, 9.17) is 9.26 Å². The van der Waals surface area contributed by atoms with Gasteiger partial charge in [-0.1, -0.05) is 11.2 Å². The number of nitrogens with zero attached hydrogens (tertiary/aromatic N) is 3. The minimum atomic E-state index is -3.15. The summed E-state index contributed by atoms with van der Waals surface area (Å²) in [7, 11) is -1.60. The third kappa shape index (κ3) is 5.08. The molecule has 28 heavy (non-hydrogen) atoms. The highest BCUT2D eigenvalue weighted by molar-refractivity contribution is 7.88. The fourth-order valence-corrected chi connectivity index (χ4v) is 4.00. The number of methoxy groups -OCH3 is 1. The molecule has 0 bridgehead atoms. The summed E-state index contributed by atoms with van der Waals surface area (Å²) in [6.45, 7) is 1.29. The van der Waals surface area contributed by atoms with Crippen LogP contribution in [0.4, 0.5) is 0 Å². The van der Waals surface area contributed by atoms with Gasteiger partial charge in [0, 0.05) is 37.5 Å². The second-order valence-corrected chi connectivity index (χ2v) is 8.70. The molecule has 0 unspecified atom stereocenters. The van der Waals surface area contributed by atoms with E-state index in [-0.39, 0.29) is 11.8 Å². The minimum Gasteiger partial charge on any atom is -0.497 e. The van der Waals surface area contributed by atoms with E-state index in [2.05, 4.69) is 15.5 Å². The summed E-state index contributed by atoms with van der Waals surface area (Å²) in [5.74, 6) is 1.55. The molecule has 1 aromatic heterocycles. The number of carbonyl (C=O) groups is 1. The van der Waals surface area contributed by atoms with E-state index in [1.54, 1.807) is 31.4 Å². The summed E-state index contributed by atoms with van der Waals surface area (Å²) < 4.78 is 35.0. The largest absolute Gasteiger partial charge is 0.497 e. The predicted molar refractivity (Wildman–Crippen MR) is 102 cm³/mol. The lowest BCUT2D eigenvalue weighted by Gasteiger charge is -2.28. The lowest BCUT2D eigenvalue weighted by molar-refractivity contribution is 0.0953. The van der Waals surface area contributed by atoms with Gasteiger partial charge < -0.3 is 14.6 Å². The Balaban J connectivity index is 1.48. The summed E-state index contributed by atoms with van der Waals surface area (Å²) in [5.41, 5.74) is 0.517. The highest BCUT2D eigenvalue weighted by atomic mass is 32.2. The number of nitrogens with one attached hydrogen (secondary N) is 1. The van der Waals surface area contributed by atoms with E-state index in [0.717, 1.165) is 0 Å². The zero-order chi connectivity index (χ0) is 20.1. The van der Waals surface area contributed by atoms with Crippen molar-refractivity contribution >= 4 is 15.9 Å². The second-order valence-electron chi connectivity index (χ2n) is 6.72. The van der Waals surface area contributed by atoms with Gasteiger partial charge in [0.1, 0.15) is 5.75 Å². The van der Waals surface area contributed by atoms with Gasteiger partial charge in [-0.05, 0) is 31.0 Å². The van der Waals surface area contributed by atoms with Gasteiger partial charge in [-0.25, -0.2) is 12.7 Å². The van der Waals surface area contributed by atoms with Gasteiger partial charge in [0.15, 0.2) is 5.82 Å². The van der Waals surface area contributed by atoms with Gasteiger partial charge in [0.05, 0.1) is 13.4 Å². The van der Waals surface area contributed by atoms with Gasteiger partial charge in [-0.15, -0.1) is 0 Å². The molecule has 0 saturated carbocycles. The number of piperidine rings is 1. The molecule has 1 saturated heterocycles. The molecule has 0 radical (unpaired) electrons. The Kier molecular flexibility index (Phi) is 6.30. The molecule has 0 atom stereocenters. The summed E-state index contributed by atoms with van der Waals surface area (Å²) in [6, 6.07) is 6.92. The van der Waals surface area contributed by atoms with Crippen molar-refractivity contribution in [3.8, 4) is 5.75 Å². The molecule has 1 aliphatic heterocycles. The van der Waals surface area contributed by atoms with Gasteiger partial charge in [-0.3, -0.25) is 4.79 Å². The van der Waals surface area contributed by atoms with Crippen molar-refractivity contribution in [1.82, 2.24) is 19.8 Å². The van der Waals surface area contributed by atoms with Crippen LogP contribution in [0.1, 0.15) is 40.8 Å². The molecule has 152 valence electrons. The molecule has 1 amide bonds. The number of ether oxygens (including phenoxy) is 1. The number of rotatable bonds is 7. The third-order valence-corrected chi connectivity index (χ3v) is 6.03.